The number of aromatic nitrogens is 3. The number of ether oxygens (including phenoxy) is 2. The Morgan fingerprint density at radius 2 is 2.30 bits per heavy atom. The summed E-state index contributed by atoms with van der Waals surface area (Å²) in [5, 5.41) is 4.45. The van der Waals surface area contributed by atoms with E-state index >= 15 is 0 Å². The number of hydrogen-bond acceptors (Lipinski definition) is 5. The number of esters is 1. The van der Waals surface area contributed by atoms with Crippen LogP contribution in [0.3, 0.4) is 0 Å². The normalized spacial score (nSPS) is 16.4. The molecule has 0 aromatic carbocycles. The molecule has 0 unspecified atom stereocenters. The largest absolute Gasteiger partial charge is 0.465 e. The monoisotopic (exact) mass is 275 g/mol. The van der Waals surface area contributed by atoms with Crippen molar-refractivity contribution in [2.24, 2.45) is 5.92 Å². The van der Waals surface area contributed by atoms with Gasteiger partial charge in [0.15, 0.2) is 11.5 Å². The Hall–Kier alpha value is -1.95. The minimum absolute atomic E-state index is 0.360. The second-order valence-corrected chi connectivity index (χ2v) is 5.00. The molecule has 3 heterocycles. The molecule has 0 saturated carbocycles. The van der Waals surface area contributed by atoms with Crippen molar-refractivity contribution in [2.75, 3.05) is 20.3 Å². The van der Waals surface area contributed by atoms with Gasteiger partial charge >= 0.3 is 5.97 Å². The molecule has 0 radical (unpaired) electrons. The predicted octanol–water partition coefficient (Wildman–Crippen LogP) is 1.48. The summed E-state index contributed by atoms with van der Waals surface area (Å²) in [6, 6.07) is 3.39. The lowest BCUT2D eigenvalue weighted by Gasteiger charge is -2.20. The Labute approximate surface area is 116 Å². The van der Waals surface area contributed by atoms with E-state index in [-0.39, 0.29) is 5.97 Å². The van der Waals surface area contributed by atoms with Crippen LogP contribution in [0.2, 0.25) is 0 Å². The molecule has 2 aromatic heterocycles. The smallest absolute Gasteiger partial charge is 0.338 e. The Morgan fingerprint density at radius 3 is 3.05 bits per heavy atom. The van der Waals surface area contributed by atoms with Gasteiger partial charge in [0, 0.05) is 25.8 Å². The van der Waals surface area contributed by atoms with Crippen LogP contribution >= 0.6 is 0 Å². The predicted molar refractivity (Wildman–Crippen MR) is 71.6 cm³/mol. The van der Waals surface area contributed by atoms with Gasteiger partial charge in [0.25, 0.3) is 0 Å². The maximum atomic E-state index is 11.5. The minimum Gasteiger partial charge on any atom is -0.465 e. The standard InChI is InChI=1S/C14H17N3O3/c1-19-14(18)11-2-5-17-13(9-11)15-12(16-17)8-10-3-6-20-7-4-10/h2,5,9-10H,3-4,6-8H2,1H3. The van der Waals surface area contributed by atoms with Gasteiger partial charge in [-0.25, -0.2) is 14.3 Å². The number of carbonyl (C=O) groups is 1. The molecule has 6 nitrogen and oxygen atoms in total. The average molecular weight is 275 g/mol. The average Bonchev–Trinajstić information content (AvgIpc) is 2.88. The zero-order chi connectivity index (χ0) is 13.9. The lowest BCUT2D eigenvalue weighted by molar-refractivity contribution is 0.0600. The van der Waals surface area contributed by atoms with E-state index in [2.05, 4.69) is 10.1 Å². The first kappa shape index (κ1) is 13.1. The molecular formula is C14H17N3O3. The molecule has 2 aromatic rings. The van der Waals surface area contributed by atoms with E-state index in [9.17, 15) is 4.79 Å². The lowest BCUT2D eigenvalue weighted by Crippen LogP contribution is -2.18. The fraction of sp³-hybridized carbons (Fsp3) is 0.500. The summed E-state index contributed by atoms with van der Waals surface area (Å²) >= 11 is 0. The molecule has 1 saturated heterocycles. The van der Waals surface area contributed by atoms with E-state index in [1.54, 1.807) is 22.8 Å². The van der Waals surface area contributed by atoms with Crippen LogP contribution in [0.4, 0.5) is 0 Å². The van der Waals surface area contributed by atoms with Gasteiger partial charge in [0.2, 0.25) is 0 Å². The zero-order valence-corrected chi connectivity index (χ0v) is 11.4. The Kier molecular flexibility index (Phi) is 3.64. The second-order valence-electron chi connectivity index (χ2n) is 5.00. The van der Waals surface area contributed by atoms with E-state index in [0.29, 0.717) is 17.1 Å². The fourth-order valence-electron chi connectivity index (χ4n) is 2.47. The van der Waals surface area contributed by atoms with Crippen LogP contribution in [-0.4, -0.2) is 40.9 Å². The van der Waals surface area contributed by atoms with Crippen LogP contribution in [-0.2, 0) is 15.9 Å². The highest BCUT2D eigenvalue weighted by Crippen LogP contribution is 2.19. The number of methoxy groups -OCH3 is 1. The van der Waals surface area contributed by atoms with E-state index in [1.807, 2.05) is 0 Å². The number of rotatable bonds is 3. The number of hydrogen-bond donors (Lipinski definition) is 0. The highest BCUT2D eigenvalue weighted by atomic mass is 16.5. The summed E-state index contributed by atoms with van der Waals surface area (Å²) in [6.45, 7) is 1.65. The van der Waals surface area contributed by atoms with E-state index in [0.717, 1.165) is 38.3 Å². The maximum absolute atomic E-state index is 11.5. The lowest BCUT2D eigenvalue weighted by atomic mass is 9.96. The molecule has 0 amide bonds. The summed E-state index contributed by atoms with van der Waals surface area (Å²) < 4.78 is 11.8. The molecule has 0 bridgehead atoms. The Morgan fingerprint density at radius 1 is 1.50 bits per heavy atom. The molecule has 3 rings (SSSR count). The number of nitrogens with zero attached hydrogens (tertiary/aromatic N) is 3. The molecule has 6 heteroatoms. The van der Waals surface area contributed by atoms with Gasteiger partial charge in [-0.15, -0.1) is 0 Å². The first-order valence-electron chi connectivity index (χ1n) is 6.77. The van der Waals surface area contributed by atoms with Gasteiger partial charge < -0.3 is 9.47 Å². The van der Waals surface area contributed by atoms with Gasteiger partial charge in [-0.2, -0.15) is 5.10 Å². The third-order valence-electron chi connectivity index (χ3n) is 3.61. The summed E-state index contributed by atoms with van der Waals surface area (Å²) in [6.07, 6.45) is 4.71. The molecule has 0 N–H and O–H groups in total. The Bertz CT molecular complexity index is 617. The van der Waals surface area contributed by atoms with Gasteiger partial charge in [0.05, 0.1) is 12.7 Å². The summed E-state index contributed by atoms with van der Waals surface area (Å²) in [4.78, 5) is 16.0. The number of fused-ring (bicyclic) bond motifs is 1. The minimum atomic E-state index is -0.360. The van der Waals surface area contributed by atoms with Crippen LogP contribution < -0.4 is 0 Å². The molecule has 0 aliphatic carbocycles. The topological polar surface area (TPSA) is 65.7 Å². The highest BCUT2D eigenvalue weighted by molar-refractivity contribution is 5.90. The van der Waals surface area contributed by atoms with Crippen LogP contribution in [0.25, 0.3) is 5.65 Å². The zero-order valence-electron chi connectivity index (χ0n) is 11.4. The van der Waals surface area contributed by atoms with E-state index in [4.69, 9.17) is 9.47 Å². The molecular weight excluding hydrogens is 258 g/mol. The molecule has 20 heavy (non-hydrogen) atoms. The quantitative estimate of drug-likeness (QED) is 0.794. The molecule has 106 valence electrons. The molecule has 1 aliphatic rings. The van der Waals surface area contributed by atoms with Crippen molar-refractivity contribution in [2.45, 2.75) is 19.3 Å². The van der Waals surface area contributed by atoms with Gasteiger partial charge in [-0.1, -0.05) is 0 Å². The highest BCUT2D eigenvalue weighted by Gasteiger charge is 2.17. The van der Waals surface area contributed by atoms with E-state index in [1.165, 1.54) is 7.11 Å². The van der Waals surface area contributed by atoms with Gasteiger partial charge in [-0.3, -0.25) is 0 Å². The van der Waals surface area contributed by atoms with Crippen molar-refractivity contribution in [3.05, 3.63) is 29.7 Å². The first-order chi connectivity index (χ1) is 9.76. The van der Waals surface area contributed by atoms with Crippen LogP contribution in [0.1, 0.15) is 29.0 Å². The van der Waals surface area contributed by atoms with Crippen molar-refractivity contribution in [1.82, 2.24) is 14.6 Å². The van der Waals surface area contributed by atoms with Crippen LogP contribution in [0.15, 0.2) is 18.3 Å². The third kappa shape index (κ3) is 2.65. The van der Waals surface area contributed by atoms with E-state index < -0.39 is 0 Å². The van der Waals surface area contributed by atoms with Gasteiger partial charge in [-0.05, 0) is 30.9 Å². The first-order valence-corrected chi connectivity index (χ1v) is 6.77. The molecule has 1 fully saturated rings. The third-order valence-corrected chi connectivity index (χ3v) is 3.61. The van der Waals surface area contributed by atoms with Crippen LogP contribution in [0.5, 0.6) is 0 Å². The second kappa shape index (κ2) is 5.58. The SMILES string of the molecule is COC(=O)c1ccn2nc(CC3CCOCC3)nc2c1. The Balaban J connectivity index is 1.81. The van der Waals surface area contributed by atoms with Crippen molar-refractivity contribution < 1.29 is 14.3 Å². The van der Waals surface area contributed by atoms with Crippen molar-refractivity contribution in [3.8, 4) is 0 Å². The van der Waals surface area contributed by atoms with Crippen molar-refractivity contribution in [1.29, 1.82) is 0 Å². The molecule has 0 spiro atoms. The number of pyridine rings is 1. The van der Waals surface area contributed by atoms with Gasteiger partial charge in [0.1, 0.15) is 0 Å². The fourth-order valence-corrected chi connectivity index (χ4v) is 2.47. The number of carbonyl (C=O) groups excluding carboxylic acids is 1. The summed E-state index contributed by atoms with van der Waals surface area (Å²) in [7, 11) is 1.37. The molecule has 0 atom stereocenters. The van der Waals surface area contributed by atoms with Crippen molar-refractivity contribution >= 4 is 11.6 Å². The summed E-state index contributed by atoms with van der Waals surface area (Å²) in [5.41, 5.74) is 1.17. The van der Waals surface area contributed by atoms with Crippen molar-refractivity contribution in [3.63, 3.8) is 0 Å². The molecule has 1 aliphatic heterocycles. The van der Waals surface area contributed by atoms with Crippen LogP contribution in [0, 0.1) is 5.92 Å². The maximum Gasteiger partial charge on any atom is 0.338 e. The summed E-state index contributed by atoms with van der Waals surface area (Å²) in [5.74, 6) is 1.04.